The van der Waals surface area contributed by atoms with Crippen LogP contribution in [0, 0.1) is 13.8 Å². The van der Waals surface area contributed by atoms with Gasteiger partial charge in [-0.25, -0.2) is 8.51 Å². The highest BCUT2D eigenvalue weighted by atomic mass is 32.2. The van der Waals surface area contributed by atoms with Gasteiger partial charge in [-0.05, 0) is 66.6 Å². The SMILES string of the molecule is Cc1ccc(C(CC(=O)O)c2ccn3c(C(F)(F)F)nnc3c2C)cc1CN1CC2(CC2)Oc2[nH]c(=O)ccc2S1=O. The number of aryl methyl sites for hydroxylation is 2. The normalized spacial score (nSPS) is 18.8. The number of H-pyrrole nitrogens is 1. The number of benzene rings is 1. The molecular weight excluding hydrogens is 575 g/mol. The van der Waals surface area contributed by atoms with Gasteiger partial charge in [-0.2, -0.15) is 13.2 Å². The number of pyridine rings is 2. The number of carboxylic acid groups (broad SMARTS) is 1. The highest BCUT2D eigenvalue weighted by Gasteiger charge is 2.50. The van der Waals surface area contributed by atoms with Crippen LogP contribution in [-0.2, 0) is 28.5 Å². The van der Waals surface area contributed by atoms with Crippen molar-refractivity contribution in [1.82, 2.24) is 23.9 Å². The molecule has 0 saturated heterocycles. The first-order valence-corrected chi connectivity index (χ1v) is 14.3. The van der Waals surface area contributed by atoms with Crippen LogP contribution in [0.4, 0.5) is 13.2 Å². The molecule has 14 heteroatoms. The van der Waals surface area contributed by atoms with E-state index in [2.05, 4.69) is 15.2 Å². The summed E-state index contributed by atoms with van der Waals surface area (Å²) in [5, 5.41) is 16.8. The molecule has 2 aliphatic rings. The van der Waals surface area contributed by atoms with Gasteiger partial charge in [-0.15, -0.1) is 10.2 Å². The fourth-order valence-corrected chi connectivity index (χ4v) is 6.78. The number of carboxylic acids is 1. The van der Waals surface area contributed by atoms with Crippen LogP contribution in [0.5, 0.6) is 5.88 Å². The second-order valence-corrected chi connectivity index (χ2v) is 12.3. The van der Waals surface area contributed by atoms with E-state index in [1.54, 1.807) is 17.3 Å². The number of hydrogen-bond donors (Lipinski definition) is 2. The lowest BCUT2D eigenvalue weighted by Gasteiger charge is -2.24. The van der Waals surface area contributed by atoms with Crippen LogP contribution in [-0.4, -0.2) is 51.3 Å². The Bertz CT molecular complexity index is 1810. The number of nitrogens with zero attached hydrogens (tertiary/aromatic N) is 4. The summed E-state index contributed by atoms with van der Waals surface area (Å²) in [6.07, 6.45) is -2.31. The molecule has 1 fully saturated rings. The molecule has 1 saturated carbocycles. The average Bonchev–Trinajstić information content (AvgIpc) is 3.53. The van der Waals surface area contributed by atoms with E-state index in [0.717, 1.165) is 28.4 Å². The van der Waals surface area contributed by atoms with Gasteiger partial charge < -0.3 is 9.84 Å². The Labute approximate surface area is 239 Å². The third kappa shape index (κ3) is 5.09. The number of aromatic amines is 1. The molecule has 1 spiro atoms. The van der Waals surface area contributed by atoms with Crippen molar-refractivity contribution >= 4 is 22.6 Å². The molecule has 0 bridgehead atoms. The van der Waals surface area contributed by atoms with Crippen LogP contribution in [0.2, 0.25) is 0 Å². The zero-order chi connectivity index (χ0) is 30.0. The predicted molar refractivity (Wildman–Crippen MR) is 144 cm³/mol. The van der Waals surface area contributed by atoms with Crippen molar-refractivity contribution in [3.63, 3.8) is 0 Å². The molecule has 2 N–H and O–H groups in total. The lowest BCUT2D eigenvalue weighted by molar-refractivity contribution is -0.145. The summed E-state index contributed by atoms with van der Waals surface area (Å²) in [4.78, 5) is 26.9. The number of carbonyl (C=O) groups is 1. The van der Waals surface area contributed by atoms with E-state index >= 15 is 0 Å². The second kappa shape index (κ2) is 10.1. The van der Waals surface area contributed by atoms with E-state index in [-0.39, 0.29) is 30.1 Å². The summed E-state index contributed by atoms with van der Waals surface area (Å²) in [5.41, 5.74) is 2.34. The minimum Gasteiger partial charge on any atom is -0.481 e. The lowest BCUT2D eigenvalue weighted by atomic mass is 9.85. The third-order valence-corrected chi connectivity index (χ3v) is 9.28. The maximum absolute atomic E-state index is 13.7. The monoisotopic (exact) mass is 601 g/mol. The Hall–Kier alpha value is -4.04. The van der Waals surface area contributed by atoms with Crippen molar-refractivity contribution < 1.29 is 32.0 Å². The Morgan fingerprint density at radius 1 is 1.19 bits per heavy atom. The molecule has 4 aromatic rings. The van der Waals surface area contributed by atoms with Crippen LogP contribution in [0.3, 0.4) is 0 Å². The van der Waals surface area contributed by atoms with Crippen molar-refractivity contribution in [1.29, 1.82) is 0 Å². The van der Waals surface area contributed by atoms with Gasteiger partial charge in [0.25, 0.3) is 5.56 Å². The van der Waals surface area contributed by atoms with E-state index in [1.165, 1.54) is 24.4 Å². The summed E-state index contributed by atoms with van der Waals surface area (Å²) < 4.78 is 62.6. The molecule has 0 radical (unpaired) electrons. The maximum Gasteiger partial charge on any atom is 0.452 e. The van der Waals surface area contributed by atoms with Gasteiger partial charge in [0.15, 0.2) is 5.65 Å². The molecular formula is C28H26F3N5O5S. The minimum atomic E-state index is -4.70. The quantitative estimate of drug-likeness (QED) is 0.340. The van der Waals surface area contributed by atoms with Crippen LogP contribution in [0.1, 0.15) is 58.8 Å². The van der Waals surface area contributed by atoms with E-state index in [0.29, 0.717) is 28.1 Å². The van der Waals surface area contributed by atoms with Crippen molar-refractivity contribution in [3.8, 4) is 5.88 Å². The van der Waals surface area contributed by atoms with Crippen LogP contribution < -0.4 is 10.3 Å². The zero-order valence-electron chi connectivity index (χ0n) is 22.6. The van der Waals surface area contributed by atoms with Crippen LogP contribution in [0.25, 0.3) is 5.65 Å². The molecule has 1 aliphatic heterocycles. The number of nitrogens with one attached hydrogen (secondary N) is 1. The van der Waals surface area contributed by atoms with E-state index < -0.39 is 40.5 Å². The average molecular weight is 602 g/mol. The predicted octanol–water partition coefficient (Wildman–Crippen LogP) is 4.11. The summed E-state index contributed by atoms with van der Waals surface area (Å²) >= 11 is 0. The van der Waals surface area contributed by atoms with Gasteiger partial charge in [-0.1, -0.05) is 18.2 Å². The molecule has 0 amide bonds. The van der Waals surface area contributed by atoms with Gasteiger partial charge in [0, 0.05) is 24.7 Å². The summed E-state index contributed by atoms with van der Waals surface area (Å²) in [5.74, 6) is -2.73. The Morgan fingerprint density at radius 2 is 1.95 bits per heavy atom. The number of alkyl halides is 3. The van der Waals surface area contributed by atoms with Gasteiger partial charge >= 0.3 is 12.1 Å². The molecule has 220 valence electrons. The smallest absolute Gasteiger partial charge is 0.452 e. The number of hydrogen-bond acceptors (Lipinski definition) is 6. The van der Waals surface area contributed by atoms with Gasteiger partial charge in [-0.3, -0.25) is 19.0 Å². The number of fused-ring (bicyclic) bond motifs is 2. The first-order valence-electron chi connectivity index (χ1n) is 13.2. The van der Waals surface area contributed by atoms with Gasteiger partial charge in [0.2, 0.25) is 11.7 Å². The standard InChI is InChI=1S/C28H26F3N5O5S/c1-15-3-4-17(20(12-23(38)39)19-7-10-36-24(16(19)2)33-34-26(36)28(29,30)31)11-18(15)13-35-14-27(8-9-27)41-25-21(42(35)40)5-6-22(37)32-25/h3-7,10-11,20H,8-9,12-14H2,1-2H3,(H,32,37)(H,38,39). The highest BCUT2D eigenvalue weighted by molar-refractivity contribution is 7.82. The number of aromatic nitrogens is 4. The van der Waals surface area contributed by atoms with Gasteiger partial charge in [0.1, 0.15) is 21.5 Å². The first kappa shape index (κ1) is 28.1. The number of rotatable bonds is 6. The summed E-state index contributed by atoms with van der Waals surface area (Å²) in [6.45, 7) is 4.11. The van der Waals surface area contributed by atoms with Crippen molar-refractivity contribution in [2.45, 2.75) is 62.2 Å². The molecule has 6 rings (SSSR count). The fourth-order valence-electron chi connectivity index (χ4n) is 5.46. The molecule has 3 aromatic heterocycles. The van der Waals surface area contributed by atoms with Crippen LogP contribution >= 0.6 is 0 Å². The summed E-state index contributed by atoms with van der Waals surface area (Å²) in [7, 11) is -1.65. The molecule has 2 atom stereocenters. The highest BCUT2D eigenvalue weighted by Crippen LogP contribution is 2.45. The Kier molecular flexibility index (Phi) is 6.72. The number of aliphatic carboxylic acids is 1. The second-order valence-electron chi connectivity index (χ2n) is 10.8. The van der Waals surface area contributed by atoms with Gasteiger partial charge in [0.05, 0.1) is 13.0 Å². The molecule has 4 heterocycles. The zero-order valence-corrected chi connectivity index (χ0v) is 23.4. The topological polar surface area (TPSA) is 130 Å². The minimum absolute atomic E-state index is 0.00560. The summed E-state index contributed by atoms with van der Waals surface area (Å²) in [6, 6.07) is 9.78. The number of ether oxygens (including phenoxy) is 1. The molecule has 10 nitrogen and oxygen atoms in total. The largest absolute Gasteiger partial charge is 0.481 e. The van der Waals surface area contributed by atoms with E-state index in [9.17, 15) is 32.1 Å². The van der Waals surface area contributed by atoms with Crippen LogP contribution in [0.15, 0.2) is 52.3 Å². The van der Waals surface area contributed by atoms with Crippen molar-refractivity contribution in [2.24, 2.45) is 0 Å². The van der Waals surface area contributed by atoms with Crippen molar-refractivity contribution in [2.75, 3.05) is 6.54 Å². The molecule has 2 unspecified atom stereocenters. The fraction of sp³-hybridized carbons (Fsp3) is 0.357. The Morgan fingerprint density at radius 3 is 2.64 bits per heavy atom. The van der Waals surface area contributed by atoms with E-state index in [1.807, 2.05) is 19.1 Å². The third-order valence-electron chi connectivity index (χ3n) is 7.86. The maximum atomic E-state index is 13.7. The number of halogens is 3. The lowest BCUT2D eigenvalue weighted by Crippen LogP contribution is -2.35. The molecule has 42 heavy (non-hydrogen) atoms. The molecule has 1 aliphatic carbocycles. The molecule has 1 aromatic carbocycles. The Balaban J connectivity index is 1.38. The van der Waals surface area contributed by atoms with E-state index in [4.69, 9.17) is 4.74 Å². The van der Waals surface area contributed by atoms with Crippen molar-refractivity contribution in [3.05, 3.63) is 86.6 Å². The first-order chi connectivity index (χ1) is 19.8.